The molecule has 0 heterocycles. The maximum atomic E-state index is 10.1. The van der Waals surface area contributed by atoms with Gasteiger partial charge >= 0.3 is 0 Å². The van der Waals surface area contributed by atoms with Gasteiger partial charge in [-0.05, 0) is 86.0 Å². The average Bonchev–Trinajstić information content (AvgIpc) is 2.94. The molecule has 2 N–H and O–H groups in total. The molecule has 152 valence electrons. The maximum Gasteiger partial charge on any atom is 0.0809 e. The van der Waals surface area contributed by atoms with Crippen LogP contribution in [-0.4, -0.2) is 22.4 Å². The third kappa shape index (κ3) is 4.27. The second-order valence-electron chi connectivity index (χ2n) is 10.3. The van der Waals surface area contributed by atoms with Crippen molar-refractivity contribution in [1.29, 1.82) is 0 Å². The van der Waals surface area contributed by atoms with E-state index in [1.807, 2.05) is 0 Å². The lowest BCUT2D eigenvalue weighted by molar-refractivity contribution is 0.0893. The van der Waals surface area contributed by atoms with E-state index in [4.69, 9.17) is 0 Å². The lowest BCUT2D eigenvalue weighted by Gasteiger charge is -2.44. The summed E-state index contributed by atoms with van der Waals surface area (Å²) in [5.41, 5.74) is 3.80. The Kier molecular flexibility index (Phi) is 6.37. The lowest BCUT2D eigenvalue weighted by Crippen LogP contribution is -2.36. The predicted octanol–water partition coefficient (Wildman–Crippen LogP) is 5.81. The van der Waals surface area contributed by atoms with Gasteiger partial charge < -0.3 is 10.2 Å². The largest absolute Gasteiger partial charge is 0.388 e. The SMILES string of the molecule is C=C1[C@H](O)CC(=CC=C2CCC[C@@]3(C)C2CC[C@@H]3[C@H](C)CC(C)C)C[C@H]1O. The topological polar surface area (TPSA) is 40.5 Å². The first kappa shape index (κ1) is 20.9. The van der Waals surface area contributed by atoms with Crippen molar-refractivity contribution in [3.05, 3.63) is 35.5 Å². The second-order valence-corrected chi connectivity index (χ2v) is 10.3. The zero-order chi connectivity index (χ0) is 19.8. The van der Waals surface area contributed by atoms with Gasteiger partial charge in [-0.2, -0.15) is 0 Å². The van der Waals surface area contributed by atoms with Gasteiger partial charge in [0.2, 0.25) is 0 Å². The van der Waals surface area contributed by atoms with E-state index in [-0.39, 0.29) is 0 Å². The van der Waals surface area contributed by atoms with E-state index in [1.54, 1.807) is 5.57 Å². The van der Waals surface area contributed by atoms with E-state index in [0.717, 1.165) is 29.2 Å². The van der Waals surface area contributed by atoms with Gasteiger partial charge in [0.25, 0.3) is 0 Å². The van der Waals surface area contributed by atoms with Crippen molar-refractivity contribution in [3.8, 4) is 0 Å². The molecule has 3 saturated carbocycles. The van der Waals surface area contributed by atoms with Crippen LogP contribution in [0.3, 0.4) is 0 Å². The minimum atomic E-state index is -0.595. The fraction of sp³-hybridized carbons (Fsp3) is 0.760. The third-order valence-electron chi connectivity index (χ3n) is 7.87. The van der Waals surface area contributed by atoms with Crippen molar-refractivity contribution < 1.29 is 10.2 Å². The minimum absolute atomic E-state index is 0.455. The summed E-state index contributed by atoms with van der Waals surface area (Å²) in [5.74, 6) is 3.16. The van der Waals surface area contributed by atoms with Crippen LogP contribution in [0.5, 0.6) is 0 Å². The van der Waals surface area contributed by atoms with Gasteiger partial charge in [0.05, 0.1) is 12.2 Å². The van der Waals surface area contributed by atoms with E-state index in [1.165, 1.54) is 38.5 Å². The Morgan fingerprint density at radius 3 is 2.41 bits per heavy atom. The normalized spacial score (nSPS) is 39.7. The van der Waals surface area contributed by atoms with Gasteiger partial charge in [-0.25, -0.2) is 0 Å². The van der Waals surface area contributed by atoms with Crippen LogP contribution in [0.15, 0.2) is 35.5 Å². The first-order valence-corrected chi connectivity index (χ1v) is 11.2. The molecule has 0 radical (unpaired) electrons. The van der Waals surface area contributed by atoms with Crippen molar-refractivity contribution in [2.45, 2.75) is 91.3 Å². The number of allylic oxidation sites excluding steroid dienone is 3. The van der Waals surface area contributed by atoms with E-state index in [2.05, 4.69) is 46.4 Å². The maximum absolute atomic E-state index is 10.1. The summed E-state index contributed by atoms with van der Waals surface area (Å²) in [7, 11) is 0. The molecule has 0 aromatic rings. The summed E-state index contributed by atoms with van der Waals surface area (Å²) in [4.78, 5) is 0. The van der Waals surface area contributed by atoms with Crippen molar-refractivity contribution in [2.24, 2.45) is 29.1 Å². The Morgan fingerprint density at radius 1 is 1.11 bits per heavy atom. The second kappa shape index (κ2) is 8.25. The summed E-state index contributed by atoms with van der Waals surface area (Å²) >= 11 is 0. The van der Waals surface area contributed by atoms with Crippen molar-refractivity contribution in [1.82, 2.24) is 0 Å². The van der Waals surface area contributed by atoms with Crippen LogP contribution in [0, 0.1) is 29.1 Å². The summed E-state index contributed by atoms with van der Waals surface area (Å²) in [6, 6.07) is 0. The molecule has 3 fully saturated rings. The number of rotatable bonds is 4. The standard InChI is InChI=1S/C25H40O2/c1-16(2)13-17(3)21-10-11-22-20(7-6-12-25(21,22)5)9-8-19-14-23(26)18(4)24(27)15-19/h8-9,16-17,21-24,26-27H,4,6-7,10-15H2,1-3,5H3/t17-,21-,22?,23-,24-,25-/m1/s1. The van der Waals surface area contributed by atoms with E-state index in [9.17, 15) is 10.2 Å². The monoisotopic (exact) mass is 372 g/mol. The van der Waals surface area contributed by atoms with Gasteiger partial charge in [0, 0.05) is 0 Å². The summed E-state index contributed by atoms with van der Waals surface area (Å²) in [6.45, 7) is 13.6. The molecule has 27 heavy (non-hydrogen) atoms. The summed E-state index contributed by atoms with van der Waals surface area (Å²) in [6.07, 6.45) is 12.5. The van der Waals surface area contributed by atoms with Crippen LogP contribution in [0.4, 0.5) is 0 Å². The van der Waals surface area contributed by atoms with Gasteiger partial charge in [0.1, 0.15) is 0 Å². The highest BCUT2D eigenvalue weighted by atomic mass is 16.3. The van der Waals surface area contributed by atoms with Gasteiger partial charge in [-0.1, -0.05) is 57.6 Å². The number of aliphatic hydroxyl groups excluding tert-OH is 2. The molecule has 1 unspecified atom stereocenters. The Morgan fingerprint density at radius 2 is 1.78 bits per heavy atom. The smallest absolute Gasteiger partial charge is 0.0809 e. The number of aliphatic hydroxyl groups is 2. The number of hydrogen-bond acceptors (Lipinski definition) is 2. The molecule has 0 amide bonds. The molecule has 0 aromatic heterocycles. The molecule has 6 atom stereocenters. The van der Waals surface area contributed by atoms with E-state index in [0.29, 0.717) is 23.8 Å². The van der Waals surface area contributed by atoms with E-state index < -0.39 is 12.2 Å². The summed E-state index contributed by atoms with van der Waals surface area (Å²) < 4.78 is 0. The number of hydrogen-bond donors (Lipinski definition) is 2. The molecule has 0 spiro atoms. The molecule has 3 aliphatic carbocycles. The highest BCUT2D eigenvalue weighted by Gasteiger charge is 2.50. The van der Waals surface area contributed by atoms with Crippen LogP contribution in [0.2, 0.25) is 0 Å². The molecular weight excluding hydrogens is 332 g/mol. The molecule has 2 nitrogen and oxygen atoms in total. The predicted molar refractivity (Wildman–Crippen MR) is 113 cm³/mol. The fourth-order valence-electron chi connectivity index (χ4n) is 6.55. The molecule has 0 bridgehead atoms. The zero-order valence-electron chi connectivity index (χ0n) is 17.9. The van der Waals surface area contributed by atoms with E-state index >= 15 is 0 Å². The quantitative estimate of drug-likeness (QED) is 0.611. The Hall–Kier alpha value is -0.860. The lowest BCUT2D eigenvalue weighted by atomic mass is 9.60. The third-order valence-corrected chi connectivity index (χ3v) is 7.87. The molecule has 0 aliphatic heterocycles. The Bertz CT molecular complexity index is 598. The van der Waals surface area contributed by atoms with Crippen LogP contribution in [0.25, 0.3) is 0 Å². The fourth-order valence-corrected chi connectivity index (χ4v) is 6.55. The Labute approximate surface area is 166 Å². The molecule has 3 rings (SSSR count). The van der Waals surface area contributed by atoms with Crippen LogP contribution < -0.4 is 0 Å². The summed E-state index contributed by atoms with van der Waals surface area (Å²) in [5, 5.41) is 20.2. The van der Waals surface area contributed by atoms with Crippen LogP contribution >= 0.6 is 0 Å². The van der Waals surface area contributed by atoms with Crippen molar-refractivity contribution in [2.75, 3.05) is 0 Å². The number of fused-ring (bicyclic) bond motifs is 1. The van der Waals surface area contributed by atoms with Gasteiger partial charge in [-0.15, -0.1) is 0 Å². The van der Waals surface area contributed by atoms with Crippen molar-refractivity contribution in [3.63, 3.8) is 0 Å². The van der Waals surface area contributed by atoms with Crippen molar-refractivity contribution >= 4 is 0 Å². The van der Waals surface area contributed by atoms with Crippen LogP contribution in [0.1, 0.15) is 79.1 Å². The zero-order valence-corrected chi connectivity index (χ0v) is 17.9. The molecule has 0 aromatic carbocycles. The molecule has 3 aliphatic rings. The highest BCUT2D eigenvalue weighted by Crippen LogP contribution is 2.60. The molecule has 2 heteroatoms. The molecular formula is C25H40O2. The Balaban J connectivity index is 1.76. The minimum Gasteiger partial charge on any atom is -0.388 e. The first-order chi connectivity index (χ1) is 12.7. The highest BCUT2D eigenvalue weighted by molar-refractivity contribution is 5.29. The first-order valence-electron chi connectivity index (χ1n) is 11.2. The van der Waals surface area contributed by atoms with Crippen LogP contribution in [-0.2, 0) is 0 Å². The van der Waals surface area contributed by atoms with Gasteiger partial charge in [-0.3, -0.25) is 0 Å². The van der Waals surface area contributed by atoms with Gasteiger partial charge in [0.15, 0.2) is 0 Å². The molecule has 0 saturated heterocycles. The average molecular weight is 373 g/mol.